The predicted octanol–water partition coefficient (Wildman–Crippen LogP) is 3.03. The summed E-state index contributed by atoms with van der Waals surface area (Å²) in [6.45, 7) is 6.20. The summed E-state index contributed by atoms with van der Waals surface area (Å²) in [5, 5.41) is 3.11. The van der Waals surface area contributed by atoms with Crippen molar-refractivity contribution in [3.63, 3.8) is 0 Å². The Hall–Kier alpha value is -1.22. The zero-order chi connectivity index (χ0) is 21.2. The molecule has 0 aromatic heterocycles. The molecule has 162 valence electrons. The zero-order valence-corrected chi connectivity index (χ0v) is 18.5. The largest absolute Gasteiger partial charge is 0.352 e. The Morgan fingerprint density at radius 3 is 2.38 bits per heavy atom. The first-order chi connectivity index (χ1) is 13.7. The van der Waals surface area contributed by atoms with Crippen LogP contribution in [0.15, 0.2) is 18.2 Å². The lowest BCUT2D eigenvalue weighted by molar-refractivity contribution is -0.126. The number of carbonyl (C=O) groups excluding carboxylic acids is 1. The van der Waals surface area contributed by atoms with Crippen LogP contribution in [0.4, 0.5) is 4.39 Å². The molecular formula is C20H29ClFN3O3S. The van der Waals surface area contributed by atoms with Gasteiger partial charge in [-0.3, -0.25) is 4.79 Å². The molecule has 0 unspecified atom stereocenters. The molecule has 2 fully saturated rings. The molecule has 0 aliphatic carbocycles. The molecule has 2 heterocycles. The topological polar surface area (TPSA) is 69.7 Å². The monoisotopic (exact) mass is 445 g/mol. The van der Waals surface area contributed by atoms with Gasteiger partial charge in [-0.05, 0) is 48.8 Å². The second-order valence-corrected chi connectivity index (χ2v) is 10.7. The normalized spacial score (nSPS) is 25.1. The predicted molar refractivity (Wildman–Crippen MR) is 111 cm³/mol. The van der Waals surface area contributed by atoms with Crippen LogP contribution in [0.2, 0.25) is 5.02 Å². The van der Waals surface area contributed by atoms with Gasteiger partial charge in [-0.2, -0.15) is 17.0 Å². The number of benzene rings is 1. The minimum absolute atomic E-state index is 0.123. The maximum Gasteiger partial charge on any atom is 0.281 e. The Morgan fingerprint density at radius 1 is 1.17 bits per heavy atom. The summed E-state index contributed by atoms with van der Waals surface area (Å²) in [4.78, 5) is 12.5. The van der Waals surface area contributed by atoms with Gasteiger partial charge in [0.25, 0.3) is 10.2 Å². The van der Waals surface area contributed by atoms with Gasteiger partial charge in [0.2, 0.25) is 5.91 Å². The van der Waals surface area contributed by atoms with E-state index in [1.54, 1.807) is 10.4 Å². The van der Waals surface area contributed by atoms with Crippen molar-refractivity contribution >= 4 is 27.7 Å². The molecule has 2 aliphatic heterocycles. The summed E-state index contributed by atoms with van der Waals surface area (Å²) >= 11 is 5.99. The molecular weight excluding hydrogens is 417 g/mol. The van der Waals surface area contributed by atoms with Gasteiger partial charge in [0.05, 0.1) is 0 Å². The minimum atomic E-state index is -3.48. The zero-order valence-electron chi connectivity index (χ0n) is 16.9. The third-order valence-electron chi connectivity index (χ3n) is 5.78. The van der Waals surface area contributed by atoms with Crippen molar-refractivity contribution in [3.8, 4) is 0 Å². The maximum atomic E-state index is 13.1. The molecule has 6 nitrogen and oxygen atoms in total. The number of nitrogens with zero attached hydrogens (tertiary/aromatic N) is 2. The van der Waals surface area contributed by atoms with Crippen LogP contribution in [0.1, 0.15) is 38.7 Å². The molecule has 0 spiro atoms. The van der Waals surface area contributed by atoms with Crippen molar-refractivity contribution in [3.05, 3.63) is 34.6 Å². The van der Waals surface area contributed by atoms with Crippen molar-refractivity contribution in [2.75, 3.05) is 26.2 Å². The molecule has 2 atom stereocenters. The molecule has 29 heavy (non-hydrogen) atoms. The summed E-state index contributed by atoms with van der Waals surface area (Å²) in [6.07, 6.45) is 2.02. The van der Waals surface area contributed by atoms with Gasteiger partial charge in [-0.15, -0.1) is 0 Å². The Labute approximate surface area is 177 Å². The fourth-order valence-corrected chi connectivity index (χ4v) is 6.42. The van der Waals surface area contributed by atoms with Crippen molar-refractivity contribution < 1.29 is 17.6 Å². The Morgan fingerprint density at radius 2 is 1.79 bits per heavy atom. The highest BCUT2D eigenvalue weighted by Gasteiger charge is 2.37. The number of hydrogen-bond acceptors (Lipinski definition) is 3. The molecule has 1 amide bonds. The van der Waals surface area contributed by atoms with Crippen LogP contribution in [0.3, 0.4) is 0 Å². The lowest BCUT2D eigenvalue weighted by Gasteiger charge is -2.39. The molecule has 2 aliphatic rings. The first-order valence-corrected chi connectivity index (χ1v) is 11.9. The van der Waals surface area contributed by atoms with Crippen LogP contribution in [0.25, 0.3) is 0 Å². The molecule has 1 aromatic rings. The van der Waals surface area contributed by atoms with Gasteiger partial charge in [0.1, 0.15) is 5.82 Å². The second-order valence-electron chi connectivity index (χ2n) is 8.40. The van der Waals surface area contributed by atoms with Crippen LogP contribution in [0, 0.1) is 23.6 Å². The van der Waals surface area contributed by atoms with Crippen molar-refractivity contribution in [1.29, 1.82) is 0 Å². The van der Waals surface area contributed by atoms with Crippen LogP contribution in [0.5, 0.6) is 0 Å². The van der Waals surface area contributed by atoms with Gasteiger partial charge in [0, 0.05) is 43.7 Å². The number of piperidine rings is 2. The van der Waals surface area contributed by atoms with E-state index in [4.69, 9.17) is 11.6 Å². The molecule has 0 bridgehead atoms. The van der Waals surface area contributed by atoms with E-state index in [0.29, 0.717) is 56.4 Å². The highest BCUT2D eigenvalue weighted by molar-refractivity contribution is 7.86. The smallest absolute Gasteiger partial charge is 0.281 e. The fourth-order valence-electron chi connectivity index (χ4n) is 4.30. The van der Waals surface area contributed by atoms with Crippen LogP contribution in [-0.2, 0) is 21.5 Å². The summed E-state index contributed by atoms with van der Waals surface area (Å²) in [7, 11) is -3.48. The van der Waals surface area contributed by atoms with E-state index in [0.717, 1.165) is 6.42 Å². The standard InChI is InChI=1S/C20H29ClFN3O3S/c1-14-9-15(2)13-25(12-14)29(27,28)24-7-5-16(6-8-24)20(26)23-11-17-3-4-18(22)10-19(17)21/h3-4,10,14-16H,5-9,11-13H2,1-2H3,(H,23,26)/t14-,15+. The van der Waals surface area contributed by atoms with E-state index < -0.39 is 16.0 Å². The number of halogens is 2. The summed E-state index contributed by atoms with van der Waals surface area (Å²) < 4.78 is 42.2. The van der Waals surface area contributed by atoms with Crippen molar-refractivity contribution in [1.82, 2.24) is 13.9 Å². The van der Waals surface area contributed by atoms with Gasteiger partial charge < -0.3 is 5.32 Å². The van der Waals surface area contributed by atoms with Gasteiger partial charge in [-0.25, -0.2) is 4.39 Å². The molecule has 0 radical (unpaired) electrons. The van der Waals surface area contributed by atoms with E-state index >= 15 is 0 Å². The van der Waals surface area contributed by atoms with E-state index in [9.17, 15) is 17.6 Å². The fraction of sp³-hybridized carbons (Fsp3) is 0.650. The number of carbonyl (C=O) groups is 1. The SMILES string of the molecule is C[C@@H]1C[C@H](C)CN(S(=O)(=O)N2CCC(C(=O)NCc3ccc(F)cc3Cl)CC2)C1. The molecule has 2 saturated heterocycles. The van der Waals surface area contributed by atoms with E-state index in [1.807, 2.05) is 0 Å². The highest BCUT2D eigenvalue weighted by atomic mass is 35.5. The lowest BCUT2D eigenvalue weighted by Crippen LogP contribution is -2.52. The van der Waals surface area contributed by atoms with E-state index in [-0.39, 0.29) is 23.4 Å². The van der Waals surface area contributed by atoms with Gasteiger partial charge in [0.15, 0.2) is 0 Å². The average Bonchev–Trinajstić information content (AvgIpc) is 2.66. The van der Waals surface area contributed by atoms with Gasteiger partial charge >= 0.3 is 0 Å². The van der Waals surface area contributed by atoms with E-state index in [2.05, 4.69) is 19.2 Å². The Kier molecular flexibility index (Phi) is 7.19. The third-order valence-corrected chi connectivity index (χ3v) is 8.10. The first kappa shape index (κ1) is 22.5. The number of rotatable bonds is 5. The van der Waals surface area contributed by atoms with Crippen LogP contribution < -0.4 is 5.32 Å². The lowest BCUT2D eigenvalue weighted by atomic mass is 9.94. The Balaban J connectivity index is 1.52. The van der Waals surface area contributed by atoms with Crippen LogP contribution >= 0.6 is 11.6 Å². The molecule has 1 N–H and O–H groups in total. The molecule has 1 aromatic carbocycles. The highest BCUT2D eigenvalue weighted by Crippen LogP contribution is 2.27. The van der Waals surface area contributed by atoms with Crippen molar-refractivity contribution in [2.24, 2.45) is 17.8 Å². The minimum Gasteiger partial charge on any atom is -0.352 e. The summed E-state index contributed by atoms with van der Waals surface area (Å²) in [5.41, 5.74) is 0.648. The molecule has 9 heteroatoms. The van der Waals surface area contributed by atoms with E-state index in [1.165, 1.54) is 16.4 Å². The molecule has 3 rings (SSSR count). The second kappa shape index (κ2) is 9.29. The van der Waals surface area contributed by atoms with Gasteiger partial charge in [-0.1, -0.05) is 31.5 Å². The van der Waals surface area contributed by atoms with Crippen molar-refractivity contribution in [2.45, 2.75) is 39.7 Å². The summed E-state index contributed by atoms with van der Waals surface area (Å²) in [5.74, 6) is -0.0658. The first-order valence-electron chi connectivity index (χ1n) is 10.1. The molecule has 0 saturated carbocycles. The quantitative estimate of drug-likeness (QED) is 0.757. The maximum absolute atomic E-state index is 13.1. The number of hydrogen-bond donors (Lipinski definition) is 1. The number of nitrogens with one attached hydrogen (secondary N) is 1. The number of amides is 1. The average molecular weight is 446 g/mol. The third kappa shape index (κ3) is 5.48. The summed E-state index contributed by atoms with van der Waals surface area (Å²) in [6, 6.07) is 4.07. The van der Waals surface area contributed by atoms with Crippen LogP contribution in [-0.4, -0.2) is 49.1 Å². The Bertz CT molecular complexity index is 833.